The molecule has 150 valence electrons. The molecule has 3 unspecified atom stereocenters. The van der Waals surface area contributed by atoms with Crippen LogP contribution in [0.1, 0.15) is 38.5 Å². The normalized spacial score (nSPS) is 27.3. The highest BCUT2D eigenvalue weighted by atomic mass is 32.2. The summed E-state index contributed by atoms with van der Waals surface area (Å²) in [7, 11) is -4.15. The van der Waals surface area contributed by atoms with Crippen LogP contribution in [0.4, 0.5) is 8.78 Å². The number of carbonyl (C=O) groups excluding carboxylic acids is 1. The Balaban J connectivity index is 1.68. The molecule has 2 N–H and O–H groups in total. The van der Waals surface area contributed by atoms with Crippen LogP contribution < -0.4 is 5.32 Å². The number of hydrogen-bond donors (Lipinski definition) is 2. The molecule has 1 aromatic carbocycles. The first-order valence-corrected chi connectivity index (χ1v) is 10.6. The summed E-state index contributed by atoms with van der Waals surface area (Å²) in [4.78, 5) is 12.0. The molecule has 1 aliphatic carbocycles. The first-order valence-electron chi connectivity index (χ1n) is 9.21. The van der Waals surface area contributed by atoms with Gasteiger partial charge >= 0.3 is 0 Å². The number of carbonyl (C=O) groups is 1. The van der Waals surface area contributed by atoms with Gasteiger partial charge < -0.3 is 10.4 Å². The number of halogens is 2. The molecule has 2 aliphatic rings. The molecule has 1 aromatic rings. The van der Waals surface area contributed by atoms with E-state index in [1.807, 2.05) is 0 Å². The topological polar surface area (TPSA) is 86.7 Å². The summed E-state index contributed by atoms with van der Waals surface area (Å²) < 4.78 is 53.6. The van der Waals surface area contributed by atoms with Crippen molar-refractivity contribution in [3.05, 3.63) is 29.8 Å². The van der Waals surface area contributed by atoms with E-state index in [2.05, 4.69) is 5.32 Å². The van der Waals surface area contributed by atoms with Gasteiger partial charge in [-0.1, -0.05) is 0 Å². The zero-order valence-corrected chi connectivity index (χ0v) is 15.7. The van der Waals surface area contributed by atoms with E-state index < -0.39 is 38.6 Å². The predicted octanol–water partition coefficient (Wildman–Crippen LogP) is 1.79. The lowest BCUT2D eigenvalue weighted by molar-refractivity contribution is -0.127. The lowest BCUT2D eigenvalue weighted by Crippen LogP contribution is -2.48. The zero-order valence-electron chi connectivity index (χ0n) is 14.9. The van der Waals surface area contributed by atoms with Crippen LogP contribution in [0.5, 0.6) is 0 Å². The molecule has 3 rings (SSSR count). The molecule has 1 saturated heterocycles. The number of amides is 1. The number of nitrogens with one attached hydrogen (secondary N) is 1. The van der Waals surface area contributed by atoms with Crippen molar-refractivity contribution in [1.82, 2.24) is 9.62 Å². The van der Waals surface area contributed by atoms with Gasteiger partial charge in [0.15, 0.2) is 0 Å². The number of sulfonamides is 1. The van der Waals surface area contributed by atoms with Crippen LogP contribution in [0.15, 0.2) is 23.1 Å². The lowest BCUT2D eigenvalue weighted by Gasteiger charge is -2.33. The second-order valence-electron chi connectivity index (χ2n) is 7.30. The summed E-state index contributed by atoms with van der Waals surface area (Å²) in [6, 6.07) is 2.24. The van der Waals surface area contributed by atoms with E-state index in [1.165, 1.54) is 0 Å². The maximum Gasteiger partial charge on any atom is 0.246 e. The summed E-state index contributed by atoms with van der Waals surface area (Å²) in [5.41, 5.74) is 0. The molecule has 0 bridgehead atoms. The fraction of sp³-hybridized carbons (Fsp3) is 0.611. The summed E-state index contributed by atoms with van der Waals surface area (Å²) in [6.45, 7) is 0.144. The van der Waals surface area contributed by atoms with Gasteiger partial charge in [-0.3, -0.25) is 4.79 Å². The van der Waals surface area contributed by atoms with E-state index >= 15 is 0 Å². The van der Waals surface area contributed by atoms with Gasteiger partial charge in [0.05, 0.1) is 12.0 Å². The maximum absolute atomic E-state index is 14.0. The molecule has 0 radical (unpaired) electrons. The Morgan fingerprint density at radius 1 is 1.19 bits per heavy atom. The molecule has 6 nitrogen and oxygen atoms in total. The van der Waals surface area contributed by atoms with E-state index in [4.69, 9.17) is 0 Å². The van der Waals surface area contributed by atoms with Gasteiger partial charge in [0.2, 0.25) is 15.9 Å². The van der Waals surface area contributed by atoms with Gasteiger partial charge in [-0.25, -0.2) is 17.2 Å². The molecule has 2 fully saturated rings. The van der Waals surface area contributed by atoms with Crippen molar-refractivity contribution in [3.8, 4) is 0 Å². The highest BCUT2D eigenvalue weighted by Crippen LogP contribution is 2.26. The summed E-state index contributed by atoms with van der Waals surface area (Å²) in [5, 5.41) is 12.6. The Hall–Kier alpha value is -1.58. The molecular weight excluding hydrogens is 378 g/mol. The van der Waals surface area contributed by atoms with Crippen LogP contribution in [-0.4, -0.2) is 49.0 Å². The summed E-state index contributed by atoms with van der Waals surface area (Å²) in [5.74, 6) is -2.76. The van der Waals surface area contributed by atoms with E-state index in [0.29, 0.717) is 25.3 Å². The summed E-state index contributed by atoms with van der Waals surface area (Å²) in [6.07, 6.45) is 3.45. The highest BCUT2D eigenvalue weighted by molar-refractivity contribution is 7.89. The van der Waals surface area contributed by atoms with Crippen molar-refractivity contribution in [3.63, 3.8) is 0 Å². The number of piperidine rings is 1. The van der Waals surface area contributed by atoms with E-state index in [9.17, 15) is 27.1 Å². The molecule has 3 atom stereocenters. The Labute approximate surface area is 157 Å². The molecular formula is C18H24F2N2O4S. The third-order valence-corrected chi connectivity index (χ3v) is 7.16. The number of hydrogen-bond acceptors (Lipinski definition) is 4. The fourth-order valence-electron chi connectivity index (χ4n) is 3.81. The van der Waals surface area contributed by atoms with Crippen LogP contribution in [0, 0.1) is 17.6 Å². The number of aliphatic hydroxyl groups is 1. The number of rotatable bonds is 4. The molecule has 0 aromatic heterocycles. The van der Waals surface area contributed by atoms with Gasteiger partial charge in [-0.2, -0.15) is 4.31 Å². The third-order valence-electron chi connectivity index (χ3n) is 5.26. The summed E-state index contributed by atoms with van der Waals surface area (Å²) >= 11 is 0. The average Bonchev–Trinajstić information content (AvgIpc) is 2.61. The van der Waals surface area contributed by atoms with Gasteiger partial charge in [0.25, 0.3) is 0 Å². The monoisotopic (exact) mass is 402 g/mol. The number of nitrogens with zero attached hydrogens (tertiary/aromatic N) is 1. The lowest BCUT2D eigenvalue weighted by atomic mass is 9.91. The van der Waals surface area contributed by atoms with Crippen molar-refractivity contribution >= 4 is 15.9 Å². The molecule has 1 amide bonds. The maximum atomic E-state index is 14.0. The van der Waals surface area contributed by atoms with Crippen LogP contribution in [0.2, 0.25) is 0 Å². The Morgan fingerprint density at radius 2 is 1.96 bits per heavy atom. The van der Waals surface area contributed by atoms with E-state index in [-0.39, 0.29) is 25.0 Å². The number of benzene rings is 1. The average molecular weight is 402 g/mol. The van der Waals surface area contributed by atoms with E-state index in [0.717, 1.165) is 35.7 Å². The molecule has 0 spiro atoms. The van der Waals surface area contributed by atoms with Crippen LogP contribution >= 0.6 is 0 Å². The van der Waals surface area contributed by atoms with Crippen molar-refractivity contribution in [2.45, 2.75) is 55.6 Å². The van der Waals surface area contributed by atoms with Gasteiger partial charge in [0.1, 0.15) is 16.5 Å². The highest BCUT2D eigenvalue weighted by Gasteiger charge is 2.35. The minimum Gasteiger partial charge on any atom is -0.393 e. The minimum absolute atomic E-state index is 0.0414. The van der Waals surface area contributed by atoms with Crippen molar-refractivity contribution < 1.29 is 27.1 Å². The molecule has 9 heteroatoms. The van der Waals surface area contributed by atoms with Crippen LogP contribution in [0.3, 0.4) is 0 Å². The Bertz CT molecular complexity index is 803. The Kier molecular flexibility index (Phi) is 6.12. The molecule has 1 aliphatic heterocycles. The first kappa shape index (κ1) is 20.2. The smallest absolute Gasteiger partial charge is 0.246 e. The van der Waals surface area contributed by atoms with Gasteiger partial charge in [-0.05, 0) is 50.7 Å². The van der Waals surface area contributed by atoms with Crippen LogP contribution in [0.25, 0.3) is 0 Å². The predicted molar refractivity (Wildman–Crippen MR) is 94.2 cm³/mol. The molecule has 1 saturated carbocycles. The molecule has 1 heterocycles. The third kappa shape index (κ3) is 4.64. The standard InChI is InChI=1S/C18H24F2N2O4S/c19-13-6-7-17(16(20)9-13)27(25,26)22-8-2-3-12(11-22)18(24)21-14-4-1-5-15(23)10-14/h6-7,9,12,14-15,23H,1-5,8,10-11H2,(H,21,24). The minimum atomic E-state index is -4.15. The number of aliphatic hydroxyl groups excluding tert-OH is 1. The van der Waals surface area contributed by atoms with Crippen molar-refractivity contribution in [1.29, 1.82) is 0 Å². The fourth-order valence-corrected chi connectivity index (χ4v) is 5.38. The SMILES string of the molecule is O=C(NC1CCCC(O)C1)C1CCCN(S(=O)(=O)c2ccc(F)cc2F)C1. The van der Waals surface area contributed by atoms with Crippen molar-refractivity contribution in [2.24, 2.45) is 5.92 Å². The zero-order chi connectivity index (χ0) is 19.6. The van der Waals surface area contributed by atoms with Crippen LogP contribution in [-0.2, 0) is 14.8 Å². The largest absolute Gasteiger partial charge is 0.393 e. The Morgan fingerprint density at radius 3 is 2.67 bits per heavy atom. The van der Waals surface area contributed by atoms with Gasteiger partial charge in [-0.15, -0.1) is 0 Å². The second kappa shape index (κ2) is 8.20. The quantitative estimate of drug-likeness (QED) is 0.804. The van der Waals surface area contributed by atoms with E-state index in [1.54, 1.807) is 0 Å². The van der Waals surface area contributed by atoms with Gasteiger partial charge in [0, 0.05) is 25.2 Å². The molecule has 27 heavy (non-hydrogen) atoms. The second-order valence-corrected chi connectivity index (χ2v) is 9.21. The first-order chi connectivity index (χ1) is 12.8. The van der Waals surface area contributed by atoms with Crippen molar-refractivity contribution in [2.75, 3.05) is 13.1 Å².